The van der Waals surface area contributed by atoms with Crippen molar-refractivity contribution in [2.24, 2.45) is 0 Å². The second-order valence-corrected chi connectivity index (χ2v) is 5.10. The van der Waals surface area contributed by atoms with Crippen LogP contribution in [-0.2, 0) is 9.53 Å². The summed E-state index contributed by atoms with van der Waals surface area (Å²) in [4.78, 5) is 11.4. The van der Waals surface area contributed by atoms with Crippen molar-refractivity contribution in [1.29, 1.82) is 0 Å². The van der Waals surface area contributed by atoms with E-state index in [4.69, 9.17) is 4.74 Å². The third-order valence-electron chi connectivity index (χ3n) is 3.42. The molecule has 0 amide bonds. The Bertz CT molecular complexity index is 514. The first-order chi connectivity index (χ1) is 10.2. The Balaban J connectivity index is 2.19. The minimum atomic E-state index is -0.199. The minimum absolute atomic E-state index is 0.0304. The van der Waals surface area contributed by atoms with Crippen molar-refractivity contribution < 1.29 is 9.53 Å². The fourth-order valence-electron chi connectivity index (χ4n) is 2.35. The van der Waals surface area contributed by atoms with Crippen molar-refractivity contribution in [3.05, 3.63) is 71.8 Å². The van der Waals surface area contributed by atoms with Gasteiger partial charge in [-0.1, -0.05) is 60.7 Å². The van der Waals surface area contributed by atoms with Gasteiger partial charge in [-0.15, -0.1) is 0 Å². The molecule has 2 aromatic carbocycles. The second kappa shape index (κ2) is 7.60. The summed E-state index contributed by atoms with van der Waals surface area (Å²) in [7, 11) is 1.42. The number of carbonyl (C=O) groups is 1. The summed E-state index contributed by atoms with van der Waals surface area (Å²) >= 11 is 0. The first-order valence-electron chi connectivity index (χ1n) is 7.13. The molecule has 0 heterocycles. The number of esters is 1. The number of nitrogens with one attached hydrogen (secondary N) is 1. The third kappa shape index (κ3) is 4.43. The molecule has 0 aliphatic carbocycles. The van der Waals surface area contributed by atoms with E-state index in [0.29, 0.717) is 6.42 Å². The Morgan fingerprint density at radius 1 is 1.00 bits per heavy atom. The maximum atomic E-state index is 11.4. The zero-order valence-electron chi connectivity index (χ0n) is 12.5. The van der Waals surface area contributed by atoms with Gasteiger partial charge >= 0.3 is 5.97 Å². The minimum Gasteiger partial charge on any atom is -0.469 e. The highest BCUT2D eigenvalue weighted by Gasteiger charge is 2.18. The van der Waals surface area contributed by atoms with Gasteiger partial charge in [0.05, 0.1) is 19.6 Å². The highest BCUT2D eigenvalue weighted by Crippen LogP contribution is 2.22. The van der Waals surface area contributed by atoms with Crippen molar-refractivity contribution in [2.75, 3.05) is 7.11 Å². The van der Waals surface area contributed by atoms with E-state index in [0.717, 1.165) is 0 Å². The standard InChI is InChI=1S/C18H21NO2/c1-14(13-17(20)21-2)19-18(15-9-5-3-6-10-15)16-11-7-4-8-12-16/h3-12,14,18-19H,13H2,1-2H3. The molecule has 0 spiro atoms. The Hall–Kier alpha value is -2.13. The molecule has 0 aliphatic rings. The summed E-state index contributed by atoms with van der Waals surface area (Å²) in [5.41, 5.74) is 2.36. The monoisotopic (exact) mass is 283 g/mol. The van der Waals surface area contributed by atoms with E-state index in [1.165, 1.54) is 18.2 Å². The molecule has 0 aromatic heterocycles. The van der Waals surface area contributed by atoms with E-state index in [1.54, 1.807) is 0 Å². The molecule has 2 rings (SSSR count). The van der Waals surface area contributed by atoms with Crippen LogP contribution in [0.5, 0.6) is 0 Å². The van der Waals surface area contributed by atoms with E-state index >= 15 is 0 Å². The number of rotatable bonds is 6. The molecule has 3 nitrogen and oxygen atoms in total. The molecule has 0 bridgehead atoms. The van der Waals surface area contributed by atoms with E-state index in [1.807, 2.05) is 43.3 Å². The molecular formula is C18H21NO2. The predicted octanol–water partition coefficient (Wildman–Crippen LogP) is 3.32. The molecule has 110 valence electrons. The van der Waals surface area contributed by atoms with Gasteiger partial charge in [0.2, 0.25) is 0 Å². The number of methoxy groups -OCH3 is 1. The first kappa shape index (κ1) is 15.3. The third-order valence-corrected chi connectivity index (χ3v) is 3.42. The lowest BCUT2D eigenvalue weighted by molar-refractivity contribution is -0.141. The van der Waals surface area contributed by atoms with Crippen LogP contribution >= 0.6 is 0 Å². The second-order valence-electron chi connectivity index (χ2n) is 5.10. The summed E-state index contributed by atoms with van der Waals surface area (Å²) in [5, 5.41) is 3.51. The van der Waals surface area contributed by atoms with E-state index in [-0.39, 0.29) is 18.1 Å². The van der Waals surface area contributed by atoms with Crippen LogP contribution in [0.2, 0.25) is 0 Å². The van der Waals surface area contributed by atoms with Crippen molar-refractivity contribution in [1.82, 2.24) is 5.32 Å². The summed E-state index contributed by atoms with van der Waals surface area (Å²) in [6.07, 6.45) is 0.354. The van der Waals surface area contributed by atoms with Crippen LogP contribution in [0.4, 0.5) is 0 Å². The summed E-state index contributed by atoms with van der Waals surface area (Å²) in [5.74, 6) is -0.199. The van der Waals surface area contributed by atoms with Crippen LogP contribution in [0.1, 0.15) is 30.5 Å². The van der Waals surface area contributed by atoms with E-state index < -0.39 is 0 Å². The maximum Gasteiger partial charge on any atom is 0.307 e. The van der Waals surface area contributed by atoms with Crippen molar-refractivity contribution >= 4 is 5.97 Å². The molecule has 0 radical (unpaired) electrons. The van der Waals surface area contributed by atoms with Crippen LogP contribution in [0.15, 0.2) is 60.7 Å². The number of carbonyl (C=O) groups excluding carboxylic acids is 1. The first-order valence-corrected chi connectivity index (χ1v) is 7.13. The van der Waals surface area contributed by atoms with E-state index in [9.17, 15) is 4.79 Å². The van der Waals surface area contributed by atoms with Gasteiger partial charge < -0.3 is 10.1 Å². The lowest BCUT2D eigenvalue weighted by atomic mass is 9.97. The van der Waals surface area contributed by atoms with Crippen molar-refractivity contribution in [3.8, 4) is 0 Å². The fourth-order valence-corrected chi connectivity index (χ4v) is 2.35. The van der Waals surface area contributed by atoms with Crippen LogP contribution < -0.4 is 5.32 Å². The summed E-state index contributed by atoms with van der Waals surface area (Å²) in [6, 6.07) is 20.6. The van der Waals surface area contributed by atoms with Crippen LogP contribution in [0.25, 0.3) is 0 Å². The lowest BCUT2D eigenvalue weighted by Gasteiger charge is -2.24. The van der Waals surface area contributed by atoms with Crippen LogP contribution in [0, 0.1) is 0 Å². The molecular weight excluding hydrogens is 262 g/mol. The van der Waals surface area contributed by atoms with Gasteiger partial charge in [-0.2, -0.15) is 0 Å². The van der Waals surface area contributed by atoms with Gasteiger partial charge in [-0.3, -0.25) is 4.79 Å². The number of benzene rings is 2. The van der Waals surface area contributed by atoms with Crippen LogP contribution in [0.3, 0.4) is 0 Å². The average Bonchev–Trinajstić information content (AvgIpc) is 2.54. The Morgan fingerprint density at radius 3 is 1.90 bits per heavy atom. The molecule has 1 N–H and O–H groups in total. The van der Waals surface area contributed by atoms with E-state index in [2.05, 4.69) is 29.6 Å². The van der Waals surface area contributed by atoms with Gasteiger partial charge in [-0.25, -0.2) is 0 Å². The van der Waals surface area contributed by atoms with Gasteiger partial charge in [-0.05, 0) is 18.1 Å². The molecule has 0 fully saturated rings. The highest BCUT2D eigenvalue weighted by molar-refractivity contribution is 5.69. The average molecular weight is 283 g/mol. The van der Waals surface area contributed by atoms with Gasteiger partial charge in [0, 0.05) is 6.04 Å². The number of hydrogen-bond donors (Lipinski definition) is 1. The topological polar surface area (TPSA) is 38.3 Å². The molecule has 0 saturated heterocycles. The predicted molar refractivity (Wildman–Crippen MR) is 84.0 cm³/mol. The summed E-state index contributed by atoms with van der Waals surface area (Å²) in [6.45, 7) is 2.00. The Labute approximate surface area is 126 Å². The lowest BCUT2D eigenvalue weighted by Crippen LogP contribution is -2.33. The Kier molecular flexibility index (Phi) is 5.52. The molecule has 2 aromatic rings. The molecule has 21 heavy (non-hydrogen) atoms. The van der Waals surface area contributed by atoms with Gasteiger partial charge in [0.15, 0.2) is 0 Å². The van der Waals surface area contributed by atoms with Gasteiger partial charge in [0.25, 0.3) is 0 Å². The molecule has 1 unspecified atom stereocenters. The quantitative estimate of drug-likeness (QED) is 0.827. The van der Waals surface area contributed by atoms with Gasteiger partial charge in [0.1, 0.15) is 0 Å². The summed E-state index contributed by atoms with van der Waals surface area (Å²) < 4.78 is 4.73. The maximum absolute atomic E-state index is 11.4. The van der Waals surface area contributed by atoms with Crippen molar-refractivity contribution in [3.63, 3.8) is 0 Å². The van der Waals surface area contributed by atoms with Crippen LogP contribution in [-0.4, -0.2) is 19.1 Å². The molecule has 1 atom stereocenters. The number of ether oxygens (including phenoxy) is 1. The van der Waals surface area contributed by atoms with Crippen molar-refractivity contribution in [2.45, 2.75) is 25.4 Å². The SMILES string of the molecule is COC(=O)CC(C)NC(c1ccccc1)c1ccccc1. The normalized spacial score (nSPS) is 12.1. The zero-order chi connectivity index (χ0) is 15.1. The molecule has 0 saturated carbocycles. The number of hydrogen-bond acceptors (Lipinski definition) is 3. The Morgan fingerprint density at radius 2 is 1.48 bits per heavy atom. The highest BCUT2D eigenvalue weighted by atomic mass is 16.5. The molecule has 3 heteroatoms. The fraction of sp³-hybridized carbons (Fsp3) is 0.278. The largest absolute Gasteiger partial charge is 0.469 e. The smallest absolute Gasteiger partial charge is 0.307 e. The zero-order valence-corrected chi connectivity index (χ0v) is 12.5. The molecule has 0 aliphatic heterocycles.